The van der Waals surface area contributed by atoms with Crippen molar-refractivity contribution in [3.63, 3.8) is 0 Å². The van der Waals surface area contributed by atoms with Crippen LogP contribution in [-0.4, -0.2) is 12.0 Å². The van der Waals surface area contributed by atoms with Crippen LogP contribution in [0.1, 0.15) is 19.4 Å². The number of amides is 1. The molecule has 1 atom stereocenters. The van der Waals surface area contributed by atoms with Gasteiger partial charge in [-0.25, -0.2) is 8.78 Å². The van der Waals surface area contributed by atoms with E-state index in [1.165, 1.54) is 18.6 Å². The average Bonchev–Trinajstić information content (AvgIpc) is 2.51. The van der Waals surface area contributed by atoms with Gasteiger partial charge in [0.2, 0.25) is 0 Å². The zero-order chi connectivity index (χ0) is 16.1. The third-order valence-electron chi connectivity index (χ3n) is 3.20. The molecule has 0 spiro atoms. The molecule has 116 valence electrons. The van der Waals surface area contributed by atoms with Gasteiger partial charge in [-0.2, -0.15) is 0 Å². The van der Waals surface area contributed by atoms with E-state index >= 15 is 0 Å². The van der Waals surface area contributed by atoms with E-state index in [4.69, 9.17) is 4.74 Å². The van der Waals surface area contributed by atoms with Crippen molar-refractivity contribution < 1.29 is 18.3 Å². The Morgan fingerprint density at radius 3 is 2.41 bits per heavy atom. The number of carbonyl (C=O) groups is 1. The van der Waals surface area contributed by atoms with Crippen molar-refractivity contribution in [2.45, 2.75) is 26.4 Å². The number of hydrogen-bond donors (Lipinski definition) is 1. The third-order valence-corrected chi connectivity index (χ3v) is 3.20. The number of anilines is 1. The van der Waals surface area contributed by atoms with Gasteiger partial charge in [0.05, 0.1) is 0 Å². The van der Waals surface area contributed by atoms with E-state index in [0.29, 0.717) is 5.69 Å². The topological polar surface area (TPSA) is 38.3 Å². The molecule has 1 amide bonds. The number of nitrogens with one attached hydrogen (secondary N) is 1. The Morgan fingerprint density at radius 2 is 1.82 bits per heavy atom. The summed E-state index contributed by atoms with van der Waals surface area (Å²) in [4.78, 5) is 12.0. The van der Waals surface area contributed by atoms with Crippen LogP contribution in [0.2, 0.25) is 0 Å². The molecule has 2 rings (SSSR count). The predicted octanol–water partition coefficient (Wildman–Crippen LogP) is 3.93. The van der Waals surface area contributed by atoms with Gasteiger partial charge in [-0.15, -0.1) is 0 Å². The molecule has 3 nitrogen and oxygen atoms in total. The normalized spacial score (nSPS) is 11.8. The minimum atomic E-state index is -1.01. The van der Waals surface area contributed by atoms with Gasteiger partial charge in [0.15, 0.2) is 17.7 Å². The summed E-state index contributed by atoms with van der Waals surface area (Å²) in [5.41, 5.74) is 1.83. The second-order valence-corrected chi connectivity index (χ2v) is 4.88. The molecule has 0 aliphatic carbocycles. The van der Waals surface area contributed by atoms with E-state index in [0.717, 1.165) is 18.6 Å². The van der Waals surface area contributed by atoms with Gasteiger partial charge < -0.3 is 10.1 Å². The van der Waals surface area contributed by atoms with Crippen molar-refractivity contribution >= 4 is 11.6 Å². The zero-order valence-corrected chi connectivity index (χ0v) is 12.4. The van der Waals surface area contributed by atoms with Gasteiger partial charge in [-0.3, -0.25) is 4.79 Å². The molecule has 0 aliphatic rings. The highest BCUT2D eigenvalue weighted by Crippen LogP contribution is 2.17. The highest BCUT2D eigenvalue weighted by molar-refractivity contribution is 5.94. The molecule has 2 aromatic carbocycles. The number of carbonyl (C=O) groups excluding carboxylic acids is 1. The Bertz CT molecular complexity index is 656. The Labute approximate surface area is 127 Å². The minimum Gasteiger partial charge on any atom is -0.481 e. The van der Waals surface area contributed by atoms with Crippen LogP contribution in [0.15, 0.2) is 42.5 Å². The lowest BCUT2D eigenvalue weighted by atomic mass is 10.1. The van der Waals surface area contributed by atoms with Crippen LogP contribution in [0.25, 0.3) is 0 Å². The lowest BCUT2D eigenvalue weighted by Crippen LogP contribution is -2.30. The fourth-order valence-corrected chi connectivity index (χ4v) is 1.88. The van der Waals surface area contributed by atoms with Crippen molar-refractivity contribution in [1.82, 2.24) is 0 Å². The zero-order valence-electron chi connectivity index (χ0n) is 12.4. The van der Waals surface area contributed by atoms with E-state index in [2.05, 4.69) is 5.32 Å². The van der Waals surface area contributed by atoms with E-state index in [9.17, 15) is 13.6 Å². The number of rotatable bonds is 5. The molecule has 0 bridgehead atoms. The highest BCUT2D eigenvalue weighted by atomic mass is 19.2. The smallest absolute Gasteiger partial charge is 0.265 e. The van der Waals surface area contributed by atoms with Crippen molar-refractivity contribution in [2.24, 2.45) is 0 Å². The second kappa shape index (κ2) is 7.02. The highest BCUT2D eigenvalue weighted by Gasteiger charge is 2.15. The Balaban J connectivity index is 1.97. The second-order valence-electron chi connectivity index (χ2n) is 4.88. The summed E-state index contributed by atoms with van der Waals surface area (Å²) in [5, 5.41) is 2.71. The van der Waals surface area contributed by atoms with Crippen LogP contribution in [0.5, 0.6) is 5.75 Å². The van der Waals surface area contributed by atoms with E-state index < -0.39 is 17.7 Å². The van der Waals surface area contributed by atoms with Crippen LogP contribution < -0.4 is 10.1 Å². The molecule has 0 saturated heterocycles. The van der Waals surface area contributed by atoms with Gasteiger partial charge >= 0.3 is 0 Å². The summed E-state index contributed by atoms with van der Waals surface area (Å²) in [6, 6.07) is 10.6. The van der Waals surface area contributed by atoms with Crippen molar-refractivity contribution in [3.8, 4) is 5.75 Å². The molecule has 1 N–H and O–H groups in total. The van der Waals surface area contributed by atoms with Crippen LogP contribution in [0.3, 0.4) is 0 Å². The first kappa shape index (κ1) is 15.9. The first-order valence-electron chi connectivity index (χ1n) is 7.01. The fourth-order valence-electron chi connectivity index (χ4n) is 1.88. The average molecular weight is 305 g/mol. The van der Waals surface area contributed by atoms with Crippen molar-refractivity contribution in [2.75, 3.05) is 5.32 Å². The summed E-state index contributed by atoms with van der Waals surface area (Å²) < 4.78 is 31.2. The molecular weight excluding hydrogens is 288 g/mol. The Kier molecular flexibility index (Phi) is 5.09. The monoisotopic (exact) mass is 305 g/mol. The van der Waals surface area contributed by atoms with Crippen molar-refractivity contribution in [1.29, 1.82) is 0 Å². The summed E-state index contributed by atoms with van der Waals surface area (Å²) >= 11 is 0. The molecule has 0 heterocycles. The predicted molar refractivity (Wildman–Crippen MR) is 80.9 cm³/mol. The maximum absolute atomic E-state index is 13.1. The van der Waals surface area contributed by atoms with Crippen LogP contribution >= 0.6 is 0 Å². The quantitative estimate of drug-likeness (QED) is 0.909. The maximum atomic E-state index is 13.1. The van der Waals surface area contributed by atoms with Gasteiger partial charge in [-0.1, -0.05) is 19.1 Å². The minimum absolute atomic E-state index is 0.0999. The summed E-state index contributed by atoms with van der Waals surface area (Å²) in [7, 11) is 0. The summed E-state index contributed by atoms with van der Waals surface area (Å²) in [6.07, 6.45) is 0.0832. The first-order chi connectivity index (χ1) is 10.5. The Hall–Kier alpha value is -2.43. The number of halogens is 2. The van der Waals surface area contributed by atoms with Gasteiger partial charge in [0.1, 0.15) is 5.75 Å². The van der Waals surface area contributed by atoms with E-state index in [1.54, 1.807) is 12.1 Å². The molecule has 2 aromatic rings. The van der Waals surface area contributed by atoms with Crippen LogP contribution in [-0.2, 0) is 11.2 Å². The number of benzene rings is 2. The molecule has 5 heteroatoms. The summed E-state index contributed by atoms with van der Waals surface area (Å²) in [5.74, 6) is -2.24. The maximum Gasteiger partial charge on any atom is 0.265 e. The molecule has 22 heavy (non-hydrogen) atoms. The molecule has 0 aromatic heterocycles. The molecule has 0 saturated carbocycles. The van der Waals surface area contributed by atoms with E-state index in [1.807, 2.05) is 19.1 Å². The fraction of sp³-hybridized carbons (Fsp3) is 0.235. The van der Waals surface area contributed by atoms with Crippen LogP contribution in [0, 0.1) is 11.6 Å². The molecular formula is C17H17F2NO2. The molecule has 0 radical (unpaired) electrons. The number of hydrogen-bond acceptors (Lipinski definition) is 2. The third kappa shape index (κ3) is 4.04. The van der Waals surface area contributed by atoms with E-state index in [-0.39, 0.29) is 11.7 Å². The standard InChI is InChI=1S/C17H17F2NO2/c1-3-12-4-6-13(7-5-12)20-17(21)11(2)22-14-8-9-15(18)16(19)10-14/h4-11H,3H2,1-2H3,(H,20,21)/t11-/m1/s1. The van der Waals surface area contributed by atoms with Gasteiger partial charge in [0, 0.05) is 11.8 Å². The number of ether oxygens (including phenoxy) is 1. The Morgan fingerprint density at radius 1 is 1.14 bits per heavy atom. The van der Waals surface area contributed by atoms with Crippen molar-refractivity contribution in [3.05, 3.63) is 59.7 Å². The largest absolute Gasteiger partial charge is 0.481 e. The van der Waals surface area contributed by atoms with Crippen LogP contribution in [0.4, 0.5) is 14.5 Å². The molecule has 0 unspecified atom stereocenters. The SMILES string of the molecule is CCc1ccc(NC(=O)[C@@H](C)Oc2ccc(F)c(F)c2)cc1. The summed E-state index contributed by atoms with van der Waals surface area (Å²) in [6.45, 7) is 3.59. The lowest BCUT2D eigenvalue weighted by molar-refractivity contribution is -0.122. The molecule has 0 aliphatic heterocycles. The first-order valence-corrected chi connectivity index (χ1v) is 7.01. The lowest BCUT2D eigenvalue weighted by Gasteiger charge is -2.15. The van der Waals surface area contributed by atoms with Gasteiger partial charge in [-0.05, 0) is 43.2 Å². The van der Waals surface area contributed by atoms with Gasteiger partial charge in [0.25, 0.3) is 5.91 Å². The number of aryl methyl sites for hydroxylation is 1. The molecule has 0 fully saturated rings.